The highest BCUT2D eigenvalue weighted by Gasteiger charge is 2.37. The zero-order valence-electron chi connectivity index (χ0n) is 24.3. The lowest BCUT2D eigenvalue weighted by Crippen LogP contribution is -2.53. The van der Waals surface area contributed by atoms with E-state index in [1.165, 1.54) is 4.90 Å². The Labute approximate surface area is 231 Å². The molecule has 0 aliphatic heterocycles. The number of carbonyl (C=O) groups is 3. The first-order valence-electron chi connectivity index (χ1n) is 13.2. The van der Waals surface area contributed by atoms with E-state index in [0.717, 1.165) is 11.1 Å². The van der Waals surface area contributed by atoms with Gasteiger partial charge >= 0.3 is 6.09 Å². The van der Waals surface area contributed by atoms with Crippen molar-refractivity contribution in [3.8, 4) is 5.75 Å². The number of ether oxygens (including phenoxy) is 2. The van der Waals surface area contributed by atoms with Crippen LogP contribution < -0.4 is 15.4 Å². The van der Waals surface area contributed by atoms with Crippen LogP contribution in [0.2, 0.25) is 0 Å². The number of benzene rings is 2. The van der Waals surface area contributed by atoms with Crippen molar-refractivity contribution in [1.82, 2.24) is 10.2 Å². The van der Waals surface area contributed by atoms with Gasteiger partial charge in [0.25, 0.3) is 5.91 Å². The second-order valence-electron chi connectivity index (χ2n) is 11.1. The number of amides is 3. The molecule has 0 radical (unpaired) electrons. The fourth-order valence-corrected chi connectivity index (χ4v) is 4.21. The molecule has 2 atom stereocenters. The smallest absolute Gasteiger partial charge is 0.408 e. The van der Waals surface area contributed by atoms with Gasteiger partial charge in [-0.3, -0.25) is 9.59 Å². The van der Waals surface area contributed by atoms with E-state index in [9.17, 15) is 19.5 Å². The van der Waals surface area contributed by atoms with Crippen LogP contribution in [0, 0.1) is 19.8 Å². The van der Waals surface area contributed by atoms with Gasteiger partial charge in [0.2, 0.25) is 5.91 Å². The largest absolute Gasteiger partial charge is 0.497 e. The number of carbonyl (C=O) groups excluding carboxylic acids is 3. The number of aliphatic hydroxyl groups is 1. The van der Waals surface area contributed by atoms with E-state index < -0.39 is 35.6 Å². The molecule has 0 fully saturated rings. The molecule has 3 N–H and O–H groups in total. The first-order valence-corrected chi connectivity index (χ1v) is 13.2. The maximum atomic E-state index is 14.1. The van der Waals surface area contributed by atoms with Gasteiger partial charge in [0.15, 0.2) is 0 Å². The van der Waals surface area contributed by atoms with Crippen LogP contribution >= 0.6 is 0 Å². The molecular weight excluding hydrogens is 498 g/mol. The van der Waals surface area contributed by atoms with Crippen molar-refractivity contribution in [3.63, 3.8) is 0 Å². The van der Waals surface area contributed by atoms with E-state index in [1.54, 1.807) is 52.1 Å². The molecule has 0 saturated carbocycles. The number of rotatable bonds is 11. The summed E-state index contributed by atoms with van der Waals surface area (Å²) in [7, 11) is 1.56. The summed E-state index contributed by atoms with van der Waals surface area (Å²) >= 11 is 0. The molecule has 2 unspecified atom stereocenters. The van der Waals surface area contributed by atoms with E-state index in [-0.39, 0.29) is 19.1 Å². The van der Waals surface area contributed by atoms with Crippen LogP contribution in [-0.4, -0.2) is 59.8 Å². The summed E-state index contributed by atoms with van der Waals surface area (Å²) in [4.78, 5) is 41.9. The van der Waals surface area contributed by atoms with Gasteiger partial charge in [-0.25, -0.2) is 4.79 Å². The molecule has 2 rings (SSSR count). The van der Waals surface area contributed by atoms with Gasteiger partial charge in [0.1, 0.15) is 23.4 Å². The summed E-state index contributed by atoms with van der Waals surface area (Å²) in [6, 6.07) is 10.5. The second-order valence-corrected chi connectivity index (χ2v) is 11.1. The van der Waals surface area contributed by atoms with Crippen LogP contribution in [0.4, 0.5) is 10.5 Å². The average molecular weight is 542 g/mol. The molecule has 214 valence electrons. The van der Waals surface area contributed by atoms with E-state index in [2.05, 4.69) is 10.6 Å². The van der Waals surface area contributed by atoms with Crippen molar-refractivity contribution in [2.24, 2.45) is 5.92 Å². The van der Waals surface area contributed by atoms with Gasteiger partial charge in [0, 0.05) is 12.2 Å². The SMILES string of the molecule is COc1ccc(NC(=O)C(c2cc(C)ccc2C)N(CCO)C(=O)C(CC(C)C)NC(=O)OC(C)(C)C)cc1. The quantitative estimate of drug-likeness (QED) is 0.378. The minimum atomic E-state index is -1.07. The van der Waals surface area contributed by atoms with Gasteiger partial charge in [-0.05, 0) is 82.3 Å². The monoisotopic (exact) mass is 541 g/mol. The van der Waals surface area contributed by atoms with Crippen molar-refractivity contribution in [1.29, 1.82) is 0 Å². The normalized spacial score (nSPS) is 12.9. The van der Waals surface area contributed by atoms with Crippen molar-refractivity contribution in [2.45, 2.75) is 72.6 Å². The maximum Gasteiger partial charge on any atom is 0.408 e. The Morgan fingerprint density at radius 2 is 1.67 bits per heavy atom. The lowest BCUT2D eigenvalue weighted by molar-refractivity contribution is -0.141. The summed E-state index contributed by atoms with van der Waals surface area (Å²) < 4.78 is 10.6. The van der Waals surface area contributed by atoms with Crippen LogP contribution in [0.15, 0.2) is 42.5 Å². The minimum absolute atomic E-state index is 0.0529. The van der Waals surface area contributed by atoms with Gasteiger partial charge in [-0.2, -0.15) is 0 Å². The predicted molar refractivity (Wildman–Crippen MR) is 152 cm³/mol. The van der Waals surface area contributed by atoms with Crippen LogP contribution in [0.1, 0.15) is 63.8 Å². The zero-order valence-corrected chi connectivity index (χ0v) is 24.3. The van der Waals surface area contributed by atoms with E-state index >= 15 is 0 Å². The Balaban J connectivity index is 2.54. The number of aliphatic hydroxyl groups excluding tert-OH is 1. The number of alkyl carbamates (subject to hydrolysis) is 1. The third-order valence-corrected chi connectivity index (χ3v) is 5.97. The molecule has 0 spiro atoms. The Kier molecular flexibility index (Phi) is 11.3. The highest BCUT2D eigenvalue weighted by Crippen LogP contribution is 2.29. The van der Waals surface area contributed by atoms with Crippen LogP contribution in [0.25, 0.3) is 0 Å². The number of anilines is 1. The molecule has 2 aromatic rings. The molecule has 3 amide bonds. The lowest BCUT2D eigenvalue weighted by Gasteiger charge is -2.35. The third-order valence-electron chi connectivity index (χ3n) is 5.97. The van der Waals surface area contributed by atoms with Gasteiger partial charge in [-0.1, -0.05) is 37.6 Å². The molecule has 0 aliphatic rings. The molecule has 2 aromatic carbocycles. The fraction of sp³-hybridized carbons (Fsp3) is 0.500. The molecule has 0 bridgehead atoms. The Morgan fingerprint density at radius 1 is 1.03 bits per heavy atom. The molecule has 9 heteroatoms. The number of hydrogen-bond donors (Lipinski definition) is 3. The molecule has 0 aliphatic carbocycles. The van der Waals surface area contributed by atoms with Crippen LogP contribution in [0.5, 0.6) is 5.75 Å². The Morgan fingerprint density at radius 3 is 2.21 bits per heavy atom. The number of methoxy groups -OCH3 is 1. The number of hydrogen-bond acceptors (Lipinski definition) is 6. The molecule has 0 aromatic heterocycles. The second kappa shape index (κ2) is 14.0. The summed E-state index contributed by atoms with van der Waals surface area (Å²) in [5.41, 5.74) is 2.13. The van der Waals surface area contributed by atoms with Gasteiger partial charge < -0.3 is 30.1 Å². The van der Waals surface area contributed by atoms with E-state index in [0.29, 0.717) is 23.4 Å². The lowest BCUT2D eigenvalue weighted by atomic mass is 9.95. The average Bonchev–Trinajstić information content (AvgIpc) is 2.84. The molecule has 0 saturated heterocycles. The van der Waals surface area contributed by atoms with Crippen molar-refractivity contribution >= 4 is 23.6 Å². The first kappa shape index (κ1) is 31.6. The van der Waals surface area contributed by atoms with Crippen molar-refractivity contribution in [2.75, 3.05) is 25.6 Å². The molecular formula is C30H43N3O6. The van der Waals surface area contributed by atoms with Crippen LogP contribution in [-0.2, 0) is 14.3 Å². The van der Waals surface area contributed by atoms with Gasteiger partial charge in [0.05, 0.1) is 13.7 Å². The molecule has 9 nitrogen and oxygen atoms in total. The Bertz CT molecular complexity index is 1120. The summed E-state index contributed by atoms with van der Waals surface area (Å²) in [5.74, 6) is -0.242. The molecule has 39 heavy (non-hydrogen) atoms. The van der Waals surface area contributed by atoms with E-state index in [4.69, 9.17) is 9.47 Å². The number of nitrogens with one attached hydrogen (secondary N) is 2. The maximum absolute atomic E-state index is 14.1. The topological polar surface area (TPSA) is 117 Å². The fourth-order valence-electron chi connectivity index (χ4n) is 4.21. The number of nitrogens with zero attached hydrogens (tertiary/aromatic N) is 1. The standard InChI is InChI=1S/C30H43N3O6/c1-19(2)17-25(32-29(37)39-30(5,6)7)28(36)33(15-16-34)26(24-18-20(3)9-10-21(24)4)27(35)31-22-11-13-23(38-8)14-12-22/h9-14,18-19,25-26,34H,15-17H2,1-8H3,(H,31,35)(H,32,37). The van der Waals surface area contributed by atoms with Crippen molar-refractivity contribution < 1.29 is 29.0 Å². The summed E-state index contributed by atoms with van der Waals surface area (Å²) in [5, 5.41) is 15.6. The highest BCUT2D eigenvalue weighted by molar-refractivity contribution is 5.99. The summed E-state index contributed by atoms with van der Waals surface area (Å²) in [6.07, 6.45) is -0.406. The zero-order chi connectivity index (χ0) is 29.3. The molecule has 0 heterocycles. The third kappa shape index (κ3) is 9.58. The minimum Gasteiger partial charge on any atom is -0.497 e. The summed E-state index contributed by atoms with van der Waals surface area (Å²) in [6.45, 7) is 12.4. The van der Waals surface area contributed by atoms with Crippen molar-refractivity contribution in [3.05, 3.63) is 59.2 Å². The highest BCUT2D eigenvalue weighted by atomic mass is 16.6. The Hall–Kier alpha value is -3.59. The number of aryl methyl sites for hydroxylation is 2. The van der Waals surface area contributed by atoms with Crippen LogP contribution in [0.3, 0.4) is 0 Å². The first-order chi connectivity index (χ1) is 18.2. The predicted octanol–water partition coefficient (Wildman–Crippen LogP) is 4.75. The van der Waals surface area contributed by atoms with Gasteiger partial charge in [-0.15, -0.1) is 0 Å². The van der Waals surface area contributed by atoms with E-state index in [1.807, 2.05) is 45.9 Å².